The lowest BCUT2D eigenvalue weighted by Gasteiger charge is -2.23. The second-order valence-electron chi connectivity index (χ2n) is 5.74. The van der Waals surface area contributed by atoms with E-state index >= 15 is 0 Å². The number of pyridine rings is 1. The number of carbonyl (C=O) groups excluding carboxylic acids is 2. The molecular formula is C18H19FN2O3. The van der Waals surface area contributed by atoms with E-state index < -0.39 is 17.4 Å². The summed E-state index contributed by atoms with van der Waals surface area (Å²) in [5.41, 5.74) is 0.325. The quantitative estimate of drug-likeness (QED) is 0.856. The van der Waals surface area contributed by atoms with Gasteiger partial charge in [0.25, 0.3) is 5.91 Å². The largest absolute Gasteiger partial charge is 0.464 e. The third kappa shape index (κ3) is 4.16. The second-order valence-corrected chi connectivity index (χ2v) is 5.74. The minimum absolute atomic E-state index is 0.238. The van der Waals surface area contributed by atoms with Crippen molar-refractivity contribution in [3.8, 4) is 11.3 Å². The molecule has 0 radical (unpaired) electrons. The van der Waals surface area contributed by atoms with Gasteiger partial charge in [-0.3, -0.25) is 9.78 Å². The molecule has 2 rings (SSSR count). The van der Waals surface area contributed by atoms with E-state index in [1.165, 1.54) is 18.3 Å². The van der Waals surface area contributed by atoms with E-state index in [1.807, 2.05) is 0 Å². The second kappa shape index (κ2) is 7.21. The van der Waals surface area contributed by atoms with Crippen molar-refractivity contribution in [2.45, 2.75) is 26.3 Å². The molecule has 2 aromatic rings. The summed E-state index contributed by atoms with van der Waals surface area (Å²) in [6.07, 6.45) is 1.39. The van der Waals surface area contributed by atoms with Crippen LogP contribution in [0.15, 0.2) is 42.6 Å². The Kier molecular flexibility index (Phi) is 5.28. The Labute approximate surface area is 139 Å². The number of halogens is 1. The fourth-order valence-electron chi connectivity index (χ4n) is 2.07. The molecule has 126 valence electrons. The molecular weight excluding hydrogens is 311 g/mol. The van der Waals surface area contributed by atoms with Crippen molar-refractivity contribution < 1.29 is 18.7 Å². The Morgan fingerprint density at radius 2 is 2.00 bits per heavy atom. The molecule has 0 aliphatic heterocycles. The SMILES string of the molecule is CCOC(=O)C(C)(C)NC(=O)c1ccc(-c2cccc(F)c2)nc1. The van der Waals surface area contributed by atoms with Gasteiger partial charge in [-0.15, -0.1) is 0 Å². The Bertz CT molecular complexity index is 742. The Balaban J connectivity index is 2.13. The zero-order valence-corrected chi connectivity index (χ0v) is 13.8. The van der Waals surface area contributed by atoms with E-state index in [9.17, 15) is 14.0 Å². The van der Waals surface area contributed by atoms with Crippen molar-refractivity contribution in [2.24, 2.45) is 0 Å². The summed E-state index contributed by atoms with van der Waals surface area (Å²) in [7, 11) is 0. The highest BCUT2D eigenvalue weighted by Crippen LogP contribution is 2.18. The topological polar surface area (TPSA) is 68.3 Å². The number of carbonyl (C=O) groups is 2. The van der Waals surface area contributed by atoms with Crippen molar-refractivity contribution in [1.29, 1.82) is 0 Å². The van der Waals surface area contributed by atoms with Crippen LogP contribution < -0.4 is 5.32 Å². The average molecular weight is 330 g/mol. The summed E-state index contributed by atoms with van der Waals surface area (Å²) in [5, 5.41) is 2.61. The molecule has 0 spiro atoms. The summed E-state index contributed by atoms with van der Waals surface area (Å²) in [5.74, 6) is -1.30. The van der Waals surface area contributed by atoms with Gasteiger partial charge in [-0.05, 0) is 45.0 Å². The molecule has 0 aliphatic carbocycles. The first-order valence-corrected chi connectivity index (χ1v) is 7.55. The van der Waals surface area contributed by atoms with Crippen LogP contribution in [0.25, 0.3) is 11.3 Å². The first-order chi connectivity index (χ1) is 11.3. The first-order valence-electron chi connectivity index (χ1n) is 7.55. The molecule has 0 unspecified atom stereocenters. The number of esters is 1. The summed E-state index contributed by atoms with van der Waals surface area (Å²) in [6.45, 7) is 5.07. The Morgan fingerprint density at radius 3 is 2.58 bits per heavy atom. The molecule has 0 bridgehead atoms. The van der Waals surface area contributed by atoms with E-state index in [0.29, 0.717) is 16.8 Å². The number of hydrogen-bond donors (Lipinski definition) is 1. The van der Waals surface area contributed by atoms with E-state index in [2.05, 4.69) is 10.3 Å². The minimum atomic E-state index is -1.14. The highest BCUT2D eigenvalue weighted by atomic mass is 19.1. The lowest BCUT2D eigenvalue weighted by Crippen LogP contribution is -2.50. The van der Waals surface area contributed by atoms with Crippen molar-refractivity contribution in [3.05, 3.63) is 54.0 Å². The predicted molar refractivity (Wildman–Crippen MR) is 87.8 cm³/mol. The fourth-order valence-corrected chi connectivity index (χ4v) is 2.07. The molecule has 6 heteroatoms. The maximum absolute atomic E-state index is 13.2. The van der Waals surface area contributed by atoms with Crippen LogP contribution in [0.2, 0.25) is 0 Å². The molecule has 1 N–H and O–H groups in total. The van der Waals surface area contributed by atoms with Crippen molar-refractivity contribution in [3.63, 3.8) is 0 Å². The number of ether oxygens (including phenoxy) is 1. The Morgan fingerprint density at radius 1 is 1.25 bits per heavy atom. The van der Waals surface area contributed by atoms with Crippen LogP contribution in [-0.4, -0.2) is 29.0 Å². The van der Waals surface area contributed by atoms with Gasteiger partial charge in [0.05, 0.1) is 17.9 Å². The summed E-state index contributed by atoms with van der Waals surface area (Å²) in [6, 6.07) is 9.24. The zero-order chi connectivity index (χ0) is 17.7. The number of amides is 1. The van der Waals surface area contributed by atoms with Crippen LogP contribution in [-0.2, 0) is 9.53 Å². The minimum Gasteiger partial charge on any atom is -0.464 e. The number of nitrogens with zero attached hydrogens (tertiary/aromatic N) is 1. The number of rotatable bonds is 5. The van der Waals surface area contributed by atoms with Gasteiger partial charge < -0.3 is 10.1 Å². The summed E-state index contributed by atoms with van der Waals surface area (Å²) < 4.78 is 18.2. The maximum Gasteiger partial charge on any atom is 0.331 e. The number of nitrogens with one attached hydrogen (secondary N) is 1. The normalized spacial score (nSPS) is 11.0. The molecule has 24 heavy (non-hydrogen) atoms. The van der Waals surface area contributed by atoms with Crippen molar-refractivity contribution in [2.75, 3.05) is 6.61 Å². The highest BCUT2D eigenvalue weighted by Gasteiger charge is 2.31. The van der Waals surface area contributed by atoms with Crippen LogP contribution >= 0.6 is 0 Å². The smallest absolute Gasteiger partial charge is 0.331 e. The molecule has 0 saturated heterocycles. The lowest BCUT2D eigenvalue weighted by atomic mass is 10.0. The number of benzene rings is 1. The monoisotopic (exact) mass is 330 g/mol. The van der Waals surface area contributed by atoms with Gasteiger partial charge in [-0.25, -0.2) is 9.18 Å². The average Bonchev–Trinajstić information content (AvgIpc) is 2.55. The molecule has 0 atom stereocenters. The van der Waals surface area contributed by atoms with Gasteiger partial charge in [0, 0.05) is 11.8 Å². The molecule has 1 aromatic carbocycles. The standard InChI is InChI=1S/C18H19FN2O3/c1-4-24-17(23)18(2,3)21-16(22)13-8-9-15(20-11-13)12-6-5-7-14(19)10-12/h5-11H,4H2,1-3H3,(H,21,22). The number of aromatic nitrogens is 1. The van der Waals surface area contributed by atoms with Gasteiger partial charge >= 0.3 is 5.97 Å². The third-order valence-electron chi connectivity index (χ3n) is 3.36. The highest BCUT2D eigenvalue weighted by molar-refractivity contribution is 5.97. The summed E-state index contributed by atoms with van der Waals surface area (Å²) >= 11 is 0. The van der Waals surface area contributed by atoms with Gasteiger partial charge in [0.15, 0.2) is 0 Å². The summed E-state index contributed by atoms with van der Waals surface area (Å²) in [4.78, 5) is 28.2. The van der Waals surface area contributed by atoms with Gasteiger partial charge in [0.2, 0.25) is 0 Å². The van der Waals surface area contributed by atoms with Crippen LogP contribution in [0, 0.1) is 5.82 Å². The van der Waals surface area contributed by atoms with E-state index in [-0.39, 0.29) is 12.4 Å². The molecule has 1 aromatic heterocycles. The molecule has 0 fully saturated rings. The predicted octanol–water partition coefficient (Wildman–Crippen LogP) is 2.96. The van der Waals surface area contributed by atoms with Crippen LogP contribution in [0.1, 0.15) is 31.1 Å². The number of hydrogen-bond acceptors (Lipinski definition) is 4. The third-order valence-corrected chi connectivity index (χ3v) is 3.36. The maximum atomic E-state index is 13.2. The van der Waals surface area contributed by atoms with Crippen LogP contribution in [0.4, 0.5) is 4.39 Å². The molecule has 1 heterocycles. The molecule has 5 nitrogen and oxygen atoms in total. The first kappa shape index (κ1) is 17.6. The van der Waals surface area contributed by atoms with Gasteiger partial charge in [-0.2, -0.15) is 0 Å². The van der Waals surface area contributed by atoms with Gasteiger partial charge in [-0.1, -0.05) is 12.1 Å². The fraction of sp³-hybridized carbons (Fsp3) is 0.278. The molecule has 1 amide bonds. The lowest BCUT2D eigenvalue weighted by molar-refractivity contribution is -0.149. The van der Waals surface area contributed by atoms with Crippen LogP contribution in [0.3, 0.4) is 0 Å². The van der Waals surface area contributed by atoms with E-state index in [0.717, 1.165) is 0 Å². The van der Waals surface area contributed by atoms with E-state index in [1.54, 1.807) is 45.0 Å². The zero-order valence-electron chi connectivity index (χ0n) is 13.8. The van der Waals surface area contributed by atoms with Crippen molar-refractivity contribution in [1.82, 2.24) is 10.3 Å². The van der Waals surface area contributed by atoms with Gasteiger partial charge in [0.1, 0.15) is 11.4 Å². The van der Waals surface area contributed by atoms with E-state index in [4.69, 9.17) is 4.74 Å². The molecule has 0 saturated carbocycles. The molecule has 0 aliphatic rings. The Hall–Kier alpha value is -2.76. The van der Waals surface area contributed by atoms with Crippen molar-refractivity contribution >= 4 is 11.9 Å². The van der Waals surface area contributed by atoms with Crippen LogP contribution in [0.5, 0.6) is 0 Å².